The summed E-state index contributed by atoms with van der Waals surface area (Å²) in [6.45, 7) is 1.87. The second-order valence-corrected chi connectivity index (χ2v) is 10.0. The number of piperidine rings is 1. The summed E-state index contributed by atoms with van der Waals surface area (Å²) in [4.78, 5) is 28.3. The Hall–Kier alpha value is -3.71. The number of aryl methyl sites for hydroxylation is 1. The topological polar surface area (TPSA) is 83.6 Å². The average Bonchev–Trinajstić information content (AvgIpc) is 2.80. The lowest BCUT2D eigenvalue weighted by Gasteiger charge is -2.45. The van der Waals surface area contributed by atoms with Crippen molar-refractivity contribution >= 4 is 33.2 Å². The molecule has 1 N–H and O–H groups in total. The number of hydrogen-bond acceptors (Lipinski definition) is 4. The van der Waals surface area contributed by atoms with E-state index < -0.39 is 15.4 Å². The van der Waals surface area contributed by atoms with E-state index in [9.17, 15) is 18.0 Å². The fraction of sp³-hybridized carbons (Fsp3) is 0.154. The Kier molecular flexibility index (Phi) is 4.94. The number of nitrogens with one attached hydrogen (secondary N) is 1. The molecular formula is C26H22N2O4S. The molecule has 1 aliphatic heterocycles. The van der Waals surface area contributed by atoms with Crippen molar-refractivity contribution in [1.29, 1.82) is 0 Å². The smallest absolute Gasteiger partial charge is 0.261 e. The van der Waals surface area contributed by atoms with Crippen molar-refractivity contribution in [2.75, 3.05) is 9.62 Å². The Labute approximate surface area is 192 Å². The highest BCUT2D eigenvalue weighted by atomic mass is 32.2. The van der Waals surface area contributed by atoms with Gasteiger partial charge in [0.1, 0.15) is 5.41 Å². The Bertz CT molecular complexity index is 1400. The molecule has 33 heavy (non-hydrogen) atoms. The molecule has 0 radical (unpaired) electrons. The van der Waals surface area contributed by atoms with Crippen LogP contribution in [-0.4, -0.2) is 20.2 Å². The quantitative estimate of drug-likeness (QED) is 0.687. The molecule has 7 heteroatoms. The van der Waals surface area contributed by atoms with Crippen molar-refractivity contribution in [1.82, 2.24) is 0 Å². The fourth-order valence-electron chi connectivity index (χ4n) is 4.62. The van der Waals surface area contributed by atoms with Crippen molar-refractivity contribution in [3.63, 3.8) is 0 Å². The number of carbonyl (C=O) groups excluding carboxylic acids is 2. The van der Waals surface area contributed by atoms with Gasteiger partial charge in [0.25, 0.3) is 10.0 Å². The Balaban J connectivity index is 1.56. The normalized spacial score (nSPS) is 21.8. The van der Waals surface area contributed by atoms with Gasteiger partial charge in [0.05, 0.1) is 22.7 Å². The highest BCUT2D eigenvalue weighted by Gasteiger charge is 2.53. The minimum atomic E-state index is -3.92. The van der Waals surface area contributed by atoms with Crippen LogP contribution >= 0.6 is 0 Å². The molecule has 1 spiro atoms. The first-order chi connectivity index (χ1) is 15.8. The first kappa shape index (κ1) is 21.2. The van der Waals surface area contributed by atoms with E-state index in [0.29, 0.717) is 6.42 Å². The summed E-state index contributed by atoms with van der Waals surface area (Å²) in [7, 11) is -3.92. The van der Waals surface area contributed by atoms with Crippen LogP contribution in [0.5, 0.6) is 0 Å². The van der Waals surface area contributed by atoms with Gasteiger partial charge in [-0.25, -0.2) is 13.3 Å². The molecule has 1 heterocycles. The lowest BCUT2D eigenvalue weighted by Crippen LogP contribution is -2.54. The first-order valence-corrected chi connectivity index (χ1v) is 12.1. The summed E-state index contributed by atoms with van der Waals surface area (Å²) in [6, 6.07) is 13.0. The molecule has 6 nitrogen and oxygen atoms in total. The van der Waals surface area contributed by atoms with Crippen LogP contribution in [0.15, 0.2) is 101 Å². The van der Waals surface area contributed by atoms with Crippen LogP contribution in [0.4, 0.5) is 11.4 Å². The van der Waals surface area contributed by atoms with Crippen molar-refractivity contribution in [3.8, 4) is 0 Å². The molecule has 5 rings (SSSR count). The largest absolute Gasteiger partial charge is 0.277 e. The van der Waals surface area contributed by atoms with Crippen LogP contribution in [0.2, 0.25) is 0 Å². The number of benzene rings is 2. The van der Waals surface area contributed by atoms with Gasteiger partial charge in [-0.1, -0.05) is 66.3 Å². The van der Waals surface area contributed by atoms with Crippen molar-refractivity contribution < 1.29 is 18.0 Å². The van der Waals surface area contributed by atoms with Gasteiger partial charge in [-0.15, -0.1) is 0 Å². The summed E-state index contributed by atoms with van der Waals surface area (Å²) in [5, 5.41) is 0. The number of amides is 2. The van der Waals surface area contributed by atoms with Crippen molar-refractivity contribution in [2.24, 2.45) is 5.41 Å². The average molecular weight is 459 g/mol. The number of carbonyl (C=O) groups is 2. The van der Waals surface area contributed by atoms with Crippen LogP contribution in [0, 0.1) is 12.3 Å². The fourth-order valence-corrected chi connectivity index (χ4v) is 5.70. The third-order valence-corrected chi connectivity index (χ3v) is 7.71. The lowest BCUT2D eigenvalue weighted by atomic mass is 9.63. The summed E-state index contributed by atoms with van der Waals surface area (Å²) in [5.41, 5.74) is 1.99. The van der Waals surface area contributed by atoms with Crippen LogP contribution in [0.3, 0.4) is 0 Å². The number of sulfonamides is 1. The maximum absolute atomic E-state index is 13.9. The molecule has 2 amide bonds. The van der Waals surface area contributed by atoms with Gasteiger partial charge in [0, 0.05) is 0 Å². The van der Waals surface area contributed by atoms with E-state index in [1.165, 1.54) is 12.1 Å². The molecule has 1 fully saturated rings. The number of nitrogens with zero attached hydrogens (tertiary/aromatic N) is 1. The van der Waals surface area contributed by atoms with Gasteiger partial charge in [-0.2, -0.15) is 0 Å². The zero-order chi connectivity index (χ0) is 23.2. The lowest BCUT2D eigenvalue weighted by molar-refractivity contribution is -0.132. The van der Waals surface area contributed by atoms with E-state index in [0.717, 1.165) is 21.6 Å². The monoisotopic (exact) mass is 458 g/mol. The van der Waals surface area contributed by atoms with Gasteiger partial charge in [-0.05, 0) is 48.8 Å². The number of allylic oxidation sites excluding steroid dienone is 6. The highest BCUT2D eigenvalue weighted by molar-refractivity contribution is 7.92. The third kappa shape index (κ3) is 3.36. The van der Waals surface area contributed by atoms with Gasteiger partial charge in [-0.3, -0.25) is 14.3 Å². The number of para-hydroxylation sites is 2. The van der Waals surface area contributed by atoms with Crippen LogP contribution in [0.25, 0.3) is 0 Å². The molecule has 1 unspecified atom stereocenters. The van der Waals surface area contributed by atoms with E-state index in [-0.39, 0.29) is 34.5 Å². The first-order valence-electron chi connectivity index (χ1n) is 10.6. The SMILES string of the molecule is Cc1ccc(S(=O)(=O)Nc2ccccc2N2C(=O)CC3=CC=CC4=CC=CCC43C2=O)cc1. The van der Waals surface area contributed by atoms with Crippen molar-refractivity contribution in [2.45, 2.75) is 24.7 Å². The molecule has 1 saturated heterocycles. The zero-order valence-electron chi connectivity index (χ0n) is 18.0. The Morgan fingerprint density at radius 2 is 1.73 bits per heavy atom. The molecule has 0 bridgehead atoms. The summed E-state index contributed by atoms with van der Waals surface area (Å²) < 4.78 is 28.6. The molecule has 2 aliphatic carbocycles. The molecule has 1 atom stereocenters. The van der Waals surface area contributed by atoms with Crippen LogP contribution in [-0.2, 0) is 19.6 Å². The Morgan fingerprint density at radius 1 is 0.970 bits per heavy atom. The van der Waals surface area contributed by atoms with Crippen LogP contribution < -0.4 is 9.62 Å². The number of rotatable bonds is 4. The van der Waals surface area contributed by atoms with E-state index in [4.69, 9.17) is 0 Å². The molecule has 3 aliphatic rings. The molecule has 0 aromatic heterocycles. The second kappa shape index (κ2) is 7.71. The van der Waals surface area contributed by atoms with Crippen molar-refractivity contribution in [3.05, 3.63) is 102 Å². The zero-order valence-corrected chi connectivity index (χ0v) is 18.8. The van der Waals surface area contributed by atoms with E-state index in [1.807, 2.05) is 43.4 Å². The standard InChI is InChI=1S/C26H22N2O4S/c1-18-12-14-21(15-13-18)33(31,32)27-22-10-2-3-11-23(22)28-24(29)17-20-9-6-8-19-7-4-5-16-26(19,20)25(28)30/h2-15,27H,16-17H2,1H3. The highest BCUT2D eigenvalue weighted by Crippen LogP contribution is 2.51. The maximum Gasteiger partial charge on any atom is 0.261 e. The van der Waals surface area contributed by atoms with E-state index in [2.05, 4.69) is 4.72 Å². The summed E-state index contributed by atoms with van der Waals surface area (Å²) in [6.07, 6.45) is 11.9. The minimum Gasteiger partial charge on any atom is -0.277 e. The number of hydrogen-bond donors (Lipinski definition) is 1. The van der Waals surface area contributed by atoms with E-state index in [1.54, 1.807) is 36.4 Å². The molecule has 2 aromatic rings. The minimum absolute atomic E-state index is 0.0836. The Morgan fingerprint density at radius 3 is 2.52 bits per heavy atom. The number of anilines is 2. The van der Waals surface area contributed by atoms with E-state index >= 15 is 0 Å². The van der Waals surface area contributed by atoms with Gasteiger partial charge in [0.15, 0.2) is 0 Å². The molecular weight excluding hydrogens is 436 g/mol. The predicted molar refractivity (Wildman–Crippen MR) is 127 cm³/mol. The second-order valence-electron chi connectivity index (χ2n) is 8.36. The van der Waals surface area contributed by atoms with Gasteiger partial charge < -0.3 is 0 Å². The summed E-state index contributed by atoms with van der Waals surface area (Å²) in [5.74, 6) is -0.755. The molecule has 0 saturated carbocycles. The number of imide groups is 1. The van der Waals surface area contributed by atoms with Gasteiger partial charge in [0.2, 0.25) is 11.8 Å². The molecule has 2 aromatic carbocycles. The van der Waals surface area contributed by atoms with Gasteiger partial charge >= 0.3 is 0 Å². The summed E-state index contributed by atoms with van der Waals surface area (Å²) >= 11 is 0. The predicted octanol–water partition coefficient (Wildman–Crippen LogP) is 4.43. The van der Waals surface area contributed by atoms with Crippen LogP contribution in [0.1, 0.15) is 18.4 Å². The maximum atomic E-state index is 13.9. The molecule has 166 valence electrons. The third-order valence-electron chi connectivity index (χ3n) is 6.33.